The lowest BCUT2D eigenvalue weighted by atomic mass is 10.1. The van der Waals surface area contributed by atoms with Crippen LogP contribution in [0.2, 0.25) is 0 Å². The predicted octanol–water partition coefficient (Wildman–Crippen LogP) is 3.08. The molecular weight excluding hydrogens is 396 g/mol. The lowest BCUT2D eigenvalue weighted by Gasteiger charge is -2.28. The summed E-state index contributed by atoms with van der Waals surface area (Å²) in [7, 11) is 0. The first kappa shape index (κ1) is 20.3. The minimum atomic E-state index is -1.17. The van der Waals surface area contributed by atoms with Crippen LogP contribution in [0.4, 0.5) is 10.5 Å². The highest BCUT2D eigenvalue weighted by Gasteiger charge is 2.40. The summed E-state index contributed by atoms with van der Waals surface area (Å²) >= 11 is 0. The molecule has 8 heteroatoms. The van der Waals surface area contributed by atoms with E-state index >= 15 is 0 Å². The molecular formula is C23H22N4O4. The Morgan fingerprint density at radius 3 is 2.81 bits per heavy atom. The average Bonchev–Trinajstić information content (AvgIpc) is 3.16. The number of urea groups is 1. The lowest BCUT2D eigenvalue weighted by molar-refractivity contribution is -0.131. The van der Waals surface area contributed by atoms with Gasteiger partial charge in [0.15, 0.2) is 5.92 Å². The van der Waals surface area contributed by atoms with Crippen LogP contribution in [0.25, 0.3) is 10.9 Å². The smallest absolute Gasteiger partial charge is 0.335 e. The maximum atomic E-state index is 12.9. The second-order valence-electron chi connectivity index (χ2n) is 7.04. The number of aromatic nitrogens is 1. The van der Waals surface area contributed by atoms with Gasteiger partial charge in [0.25, 0.3) is 5.91 Å². The number of amides is 4. The predicted molar refractivity (Wildman–Crippen MR) is 117 cm³/mol. The summed E-state index contributed by atoms with van der Waals surface area (Å²) in [5.41, 5.74) is 2.49. The summed E-state index contributed by atoms with van der Waals surface area (Å²) in [5, 5.41) is 3.35. The number of fused-ring (bicyclic) bond motifs is 1. The van der Waals surface area contributed by atoms with Crippen LogP contribution >= 0.6 is 0 Å². The van der Waals surface area contributed by atoms with Gasteiger partial charge in [-0.3, -0.25) is 19.9 Å². The van der Waals surface area contributed by atoms with Crippen molar-refractivity contribution < 1.29 is 19.1 Å². The maximum Gasteiger partial charge on any atom is 0.335 e. The Morgan fingerprint density at radius 1 is 1.13 bits per heavy atom. The Labute approximate surface area is 178 Å². The van der Waals surface area contributed by atoms with Crippen molar-refractivity contribution >= 4 is 40.7 Å². The summed E-state index contributed by atoms with van der Waals surface area (Å²) in [6.45, 7) is 2.70. The van der Waals surface area contributed by atoms with Gasteiger partial charge in [0.1, 0.15) is 5.75 Å². The number of nitrogens with one attached hydrogen (secondary N) is 2. The monoisotopic (exact) mass is 418 g/mol. The molecule has 4 amide bonds. The second kappa shape index (κ2) is 8.83. The Balaban J connectivity index is 1.47. The Bertz CT molecular complexity index is 1170. The molecule has 1 atom stereocenters. The van der Waals surface area contributed by atoms with Crippen molar-refractivity contribution in [2.45, 2.75) is 13.3 Å². The lowest BCUT2D eigenvalue weighted by Crippen LogP contribution is -2.58. The van der Waals surface area contributed by atoms with Gasteiger partial charge in [0.2, 0.25) is 5.91 Å². The zero-order valence-electron chi connectivity index (χ0n) is 17.0. The molecule has 0 aliphatic carbocycles. The number of anilines is 1. The van der Waals surface area contributed by atoms with Crippen LogP contribution in [0, 0.1) is 5.92 Å². The van der Waals surface area contributed by atoms with E-state index in [1.165, 1.54) is 6.21 Å². The fraction of sp³-hybridized carbons (Fsp3) is 0.217. The van der Waals surface area contributed by atoms with Gasteiger partial charge < -0.3 is 9.72 Å². The van der Waals surface area contributed by atoms with E-state index in [-0.39, 0.29) is 0 Å². The largest absolute Gasteiger partial charge is 0.494 e. The number of para-hydroxylation sites is 1. The summed E-state index contributed by atoms with van der Waals surface area (Å²) < 4.78 is 5.44. The van der Waals surface area contributed by atoms with Gasteiger partial charge in [-0.1, -0.05) is 24.3 Å². The Morgan fingerprint density at radius 2 is 1.97 bits per heavy atom. The van der Waals surface area contributed by atoms with E-state index < -0.39 is 23.8 Å². The van der Waals surface area contributed by atoms with E-state index in [1.807, 2.05) is 37.4 Å². The highest BCUT2D eigenvalue weighted by molar-refractivity contribution is 6.32. The normalized spacial score (nSPS) is 16.9. The number of aromatic amines is 1. The van der Waals surface area contributed by atoms with E-state index in [9.17, 15) is 14.4 Å². The number of ether oxygens (including phenoxy) is 1. The van der Waals surface area contributed by atoms with Gasteiger partial charge in [-0.05, 0) is 37.1 Å². The third-order valence-corrected chi connectivity index (χ3v) is 5.03. The molecule has 0 radical (unpaired) electrons. The first-order valence-electron chi connectivity index (χ1n) is 10.0. The van der Waals surface area contributed by atoms with Crippen molar-refractivity contribution in [1.82, 2.24) is 10.3 Å². The van der Waals surface area contributed by atoms with Crippen molar-refractivity contribution in [3.63, 3.8) is 0 Å². The number of aliphatic imine (C=N–C) groups is 1. The van der Waals surface area contributed by atoms with Gasteiger partial charge >= 0.3 is 6.03 Å². The molecule has 1 aromatic heterocycles. The van der Waals surface area contributed by atoms with E-state index in [2.05, 4.69) is 15.3 Å². The van der Waals surface area contributed by atoms with Crippen molar-refractivity contribution in [3.05, 3.63) is 60.3 Å². The molecule has 4 rings (SSSR count). The summed E-state index contributed by atoms with van der Waals surface area (Å²) in [5.74, 6) is -1.96. The number of barbiturate groups is 1. The number of rotatable bonds is 7. The minimum absolute atomic E-state index is 0.332. The quantitative estimate of drug-likeness (QED) is 0.454. The molecule has 8 nitrogen and oxygen atoms in total. The molecule has 0 spiro atoms. The highest BCUT2D eigenvalue weighted by atomic mass is 16.5. The molecule has 1 aliphatic heterocycles. The number of carbonyl (C=O) groups is 3. The molecule has 1 fully saturated rings. The van der Waals surface area contributed by atoms with Crippen LogP contribution in [0.1, 0.15) is 12.5 Å². The second-order valence-corrected chi connectivity index (χ2v) is 7.04. The highest BCUT2D eigenvalue weighted by Crippen LogP contribution is 2.25. The van der Waals surface area contributed by atoms with Gasteiger partial charge in [-0.2, -0.15) is 0 Å². The van der Waals surface area contributed by atoms with Crippen LogP contribution in [0.5, 0.6) is 5.75 Å². The van der Waals surface area contributed by atoms with E-state index in [0.29, 0.717) is 31.0 Å². The van der Waals surface area contributed by atoms with Crippen LogP contribution in [0.3, 0.4) is 0 Å². The van der Waals surface area contributed by atoms with Crippen LogP contribution < -0.4 is 15.0 Å². The van der Waals surface area contributed by atoms with Crippen LogP contribution in [-0.4, -0.2) is 42.2 Å². The van der Waals surface area contributed by atoms with E-state index in [1.54, 1.807) is 24.3 Å². The average molecular weight is 418 g/mol. The van der Waals surface area contributed by atoms with E-state index in [0.717, 1.165) is 21.4 Å². The van der Waals surface area contributed by atoms with Crippen molar-refractivity contribution in [3.8, 4) is 5.75 Å². The van der Waals surface area contributed by atoms with Crippen molar-refractivity contribution in [1.29, 1.82) is 0 Å². The minimum Gasteiger partial charge on any atom is -0.494 e. The molecule has 2 heterocycles. The Hall–Kier alpha value is -3.94. The number of imide groups is 2. The molecule has 1 saturated heterocycles. The first-order valence-corrected chi connectivity index (χ1v) is 10.0. The first-order chi connectivity index (χ1) is 15.1. The number of carbonyl (C=O) groups excluding carboxylic acids is 3. The third-order valence-electron chi connectivity index (χ3n) is 5.03. The molecule has 0 unspecified atom stereocenters. The van der Waals surface area contributed by atoms with Gasteiger partial charge in [-0.25, -0.2) is 9.69 Å². The number of benzene rings is 2. The van der Waals surface area contributed by atoms with Crippen LogP contribution in [0.15, 0.2) is 59.7 Å². The summed E-state index contributed by atoms with van der Waals surface area (Å²) in [4.78, 5) is 46.0. The fourth-order valence-corrected chi connectivity index (χ4v) is 3.55. The number of H-pyrrole nitrogens is 1. The molecule has 3 aromatic rings. The van der Waals surface area contributed by atoms with Crippen molar-refractivity contribution in [2.75, 3.05) is 18.1 Å². The fourth-order valence-electron chi connectivity index (χ4n) is 3.55. The topological polar surface area (TPSA) is 104 Å². The van der Waals surface area contributed by atoms with Crippen LogP contribution in [-0.2, 0) is 16.0 Å². The summed E-state index contributed by atoms with van der Waals surface area (Å²) in [6.07, 6.45) is 3.91. The zero-order valence-corrected chi connectivity index (χ0v) is 17.0. The molecule has 158 valence electrons. The molecule has 0 bridgehead atoms. The van der Waals surface area contributed by atoms with Crippen molar-refractivity contribution in [2.24, 2.45) is 10.9 Å². The van der Waals surface area contributed by atoms with Gasteiger partial charge in [0, 0.05) is 35.9 Å². The zero-order chi connectivity index (χ0) is 21.8. The standard InChI is InChI=1S/C23H22N4O4/c1-2-31-17-7-5-6-16(12-17)27-22(29)19(21(28)26-23(27)30)14-24-11-10-15-13-25-20-9-4-3-8-18(15)20/h3-9,12-14,19,25H,2,10-11H2,1H3,(H,26,28,30)/t19-/m0/s1. The maximum absolute atomic E-state index is 12.9. The number of nitrogens with zero attached hydrogens (tertiary/aromatic N) is 2. The molecule has 2 aromatic carbocycles. The SMILES string of the molecule is CCOc1cccc(N2C(=O)NC(=O)[C@H](C=NCCc3c[nH]c4ccccc34)C2=O)c1. The summed E-state index contributed by atoms with van der Waals surface area (Å²) in [6, 6.07) is 13.8. The number of hydrogen-bond donors (Lipinski definition) is 2. The number of hydrogen-bond acceptors (Lipinski definition) is 5. The Kier molecular flexibility index (Phi) is 5.79. The molecule has 1 aliphatic rings. The van der Waals surface area contributed by atoms with Gasteiger partial charge in [-0.15, -0.1) is 0 Å². The molecule has 0 saturated carbocycles. The molecule has 31 heavy (non-hydrogen) atoms. The van der Waals surface area contributed by atoms with E-state index in [4.69, 9.17) is 4.74 Å². The molecule has 2 N–H and O–H groups in total. The third kappa shape index (κ3) is 4.18. The van der Waals surface area contributed by atoms with Gasteiger partial charge in [0.05, 0.1) is 12.3 Å².